The monoisotopic (exact) mass is 512 g/mol. The Morgan fingerprint density at radius 3 is 2.67 bits per heavy atom. The maximum Gasteiger partial charge on any atom is 0.341 e. The third-order valence-electron chi connectivity index (χ3n) is 4.33. The van der Waals surface area contributed by atoms with Crippen molar-refractivity contribution in [3.8, 4) is 11.6 Å². The van der Waals surface area contributed by atoms with Gasteiger partial charge in [-0.15, -0.1) is 21.5 Å². The van der Waals surface area contributed by atoms with Crippen molar-refractivity contribution >= 4 is 55.9 Å². The summed E-state index contributed by atoms with van der Waals surface area (Å²) < 4.78 is 13.0. The molecule has 3 heterocycles. The number of hydrogen-bond donors (Lipinski definition) is 1. The quantitative estimate of drug-likeness (QED) is 0.348. The van der Waals surface area contributed by atoms with Gasteiger partial charge >= 0.3 is 5.97 Å². The van der Waals surface area contributed by atoms with E-state index in [1.54, 1.807) is 6.07 Å². The summed E-state index contributed by atoms with van der Waals surface area (Å²) in [4.78, 5) is 25.6. The molecule has 0 aromatic carbocycles. The van der Waals surface area contributed by atoms with Crippen LogP contribution in [0.15, 0.2) is 26.4 Å². The van der Waals surface area contributed by atoms with Gasteiger partial charge in [-0.1, -0.05) is 11.8 Å². The number of carbonyl (C=O) groups excluding carboxylic acids is 2. The smallest absolute Gasteiger partial charge is 0.341 e. The van der Waals surface area contributed by atoms with Crippen molar-refractivity contribution in [3.05, 3.63) is 32.8 Å². The first-order valence-corrected chi connectivity index (χ1v) is 11.6. The van der Waals surface area contributed by atoms with Crippen molar-refractivity contribution < 1.29 is 18.7 Å². The summed E-state index contributed by atoms with van der Waals surface area (Å²) in [5.74, 6) is 0.590. The Hall–Kier alpha value is -2.11. The molecule has 3 aromatic heterocycles. The maximum absolute atomic E-state index is 12.6. The molecule has 30 heavy (non-hydrogen) atoms. The number of hydrogen-bond acceptors (Lipinski definition) is 8. The molecule has 0 aliphatic carbocycles. The van der Waals surface area contributed by atoms with E-state index in [1.165, 1.54) is 30.2 Å². The van der Waals surface area contributed by atoms with Gasteiger partial charge in [0.05, 0.1) is 18.4 Å². The van der Waals surface area contributed by atoms with Crippen LogP contribution in [0.2, 0.25) is 0 Å². The Labute approximate surface area is 190 Å². The molecule has 3 rings (SSSR count). The van der Waals surface area contributed by atoms with Gasteiger partial charge in [0.2, 0.25) is 11.7 Å². The summed E-state index contributed by atoms with van der Waals surface area (Å²) in [7, 11) is 1.32. The van der Waals surface area contributed by atoms with Crippen LogP contribution in [0.3, 0.4) is 0 Å². The van der Waals surface area contributed by atoms with Crippen molar-refractivity contribution in [2.75, 3.05) is 18.2 Å². The fourth-order valence-electron chi connectivity index (χ4n) is 2.80. The molecule has 0 bridgehead atoms. The van der Waals surface area contributed by atoms with Crippen molar-refractivity contribution in [2.24, 2.45) is 0 Å². The van der Waals surface area contributed by atoms with E-state index in [2.05, 4.69) is 31.4 Å². The standard InChI is InChI=1S/C19H21BrN4O4S2/c1-9(2)24-16(12-6-7-13(20)28-12)22-23-19(24)29-8-14(25)21-17-15(18(26)27-5)10(3)11(4)30-17/h6-7,9H,8H2,1-5H3,(H,21,25). The molecule has 0 spiro atoms. The molecule has 0 radical (unpaired) electrons. The predicted octanol–water partition coefficient (Wildman–Crippen LogP) is 5.08. The van der Waals surface area contributed by atoms with E-state index >= 15 is 0 Å². The Kier molecular flexibility index (Phi) is 7.04. The lowest BCUT2D eigenvalue weighted by Crippen LogP contribution is -2.16. The number of aromatic nitrogens is 3. The number of nitrogens with zero attached hydrogens (tertiary/aromatic N) is 3. The first-order chi connectivity index (χ1) is 14.2. The van der Waals surface area contributed by atoms with Crippen LogP contribution in [0.1, 0.15) is 40.7 Å². The van der Waals surface area contributed by atoms with Gasteiger partial charge in [0.25, 0.3) is 0 Å². The van der Waals surface area contributed by atoms with E-state index < -0.39 is 5.97 Å². The fraction of sp³-hybridized carbons (Fsp3) is 0.368. The van der Waals surface area contributed by atoms with Crippen LogP contribution in [0.25, 0.3) is 11.6 Å². The van der Waals surface area contributed by atoms with Crippen molar-refractivity contribution in [3.63, 3.8) is 0 Å². The number of rotatable bonds is 7. The molecule has 0 saturated heterocycles. The first kappa shape index (κ1) is 22.6. The average Bonchev–Trinajstić information content (AvgIpc) is 3.37. The molecule has 0 unspecified atom stereocenters. The van der Waals surface area contributed by atoms with Gasteiger partial charge in [0.1, 0.15) is 5.00 Å². The van der Waals surface area contributed by atoms with Crippen molar-refractivity contribution in [1.29, 1.82) is 0 Å². The van der Waals surface area contributed by atoms with E-state index in [9.17, 15) is 9.59 Å². The summed E-state index contributed by atoms with van der Waals surface area (Å²) in [5, 5.41) is 12.4. The van der Waals surface area contributed by atoms with Gasteiger partial charge in [-0.3, -0.25) is 9.36 Å². The third kappa shape index (κ3) is 4.62. The molecule has 0 saturated carbocycles. The Balaban J connectivity index is 1.75. The Morgan fingerprint density at radius 2 is 2.07 bits per heavy atom. The second kappa shape index (κ2) is 9.36. The minimum absolute atomic E-state index is 0.0676. The number of furan rings is 1. The van der Waals surface area contributed by atoms with Gasteiger partial charge in [-0.2, -0.15) is 0 Å². The number of ether oxygens (including phenoxy) is 1. The highest BCUT2D eigenvalue weighted by atomic mass is 79.9. The lowest BCUT2D eigenvalue weighted by molar-refractivity contribution is -0.113. The summed E-state index contributed by atoms with van der Waals surface area (Å²) in [5.41, 5.74) is 1.21. The molecule has 1 N–H and O–H groups in total. The minimum atomic E-state index is -0.464. The molecule has 11 heteroatoms. The number of esters is 1. The van der Waals surface area contributed by atoms with Crippen LogP contribution in [0.5, 0.6) is 0 Å². The normalized spacial score (nSPS) is 11.2. The van der Waals surface area contributed by atoms with Gasteiger partial charge in [0.15, 0.2) is 15.6 Å². The number of amides is 1. The highest BCUT2D eigenvalue weighted by Crippen LogP contribution is 2.34. The molecular formula is C19H21BrN4O4S2. The number of carbonyl (C=O) groups is 2. The second-order valence-corrected chi connectivity index (χ2v) is 9.64. The maximum atomic E-state index is 12.6. The van der Waals surface area contributed by atoms with Crippen LogP contribution < -0.4 is 5.32 Å². The van der Waals surface area contributed by atoms with Crippen LogP contribution in [0, 0.1) is 13.8 Å². The zero-order valence-electron chi connectivity index (χ0n) is 17.1. The summed E-state index contributed by atoms with van der Waals surface area (Å²) >= 11 is 5.92. The first-order valence-electron chi connectivity index (χ1n) is 9.04. The number of anilines is 1. The Morgan fingerprint density at radius 1 is 1.33 bits per heavy atom. The van der Waals surface area contributed by atoms with E-state index in [0.717, 1.165) is 10.4 Å². The lowest BCUT2D eigenvalue weighted by Gasteiger charge is -2.12. The van der Waals surface area contributed by atoms with Crippen LogP contribution in [0.4, 0.5) is 5.00 Å². The summed E-state index contributed by atoms with van der Waals surface area (Å²) in [6.45, 7) is 7.75. The van der Waals surface area contributed by atoms with E-state index in [1.807, 2.05) is 38.3 Å². The van der Waals surface area contributed by atoms with E-state index in [0.29, 0.717) is 32.0 Å². The molecule has 0 aliphatic heterocycles. The number of methoxy groups -OCH3 is 1. The Bertz CT molecular complexity index is 1090. The van der Waals surface area contributed by atoms with E-state index in [4.69, 9.17) is 9.15 Å². The predicted molar refractivity (Wildman–Crippen MR) is 120 cm³/mol. The zero-order valence-corrected chi connectivity index (χ0v) is 20.3. The fourth-order valence-corrected chi connectivity index (χ4v) is 5.04. The molecule has 0 fully saturated rings. The highest BCUT2D eigenvalue weighted by molar-refractivity contribution is 9.10. The van der Waals surface area contributed by atoms with Gasteiger partial charge in [-0.05, 0) is 61.3 Å². The molecule has 0 aliphatic rings. The molecule has 0 atom stereocenters. The molecule has 3 aromatic rings. The summed E-state index contributed by atoms with van der Waals surface area (Å²) in [6, 6.07) is 3.67. The number of aryl methyl sites for hydroxylation is 1. The summed E-state index contributed by atoms with van der Waals surface area (Å²) in [6.07, 6.45) is 0. The molecular weight excluding hydrogens is 492 g/mol. The van der Waals surface area contributed by atoms with Crippen LogP contribution in [-0.4, -0.2) is 39.5 Å². The average molecular weight is 513 g/mol. The highest BCUT2D eigenvalue weighted by Gasteiger charge is 2.23. The SMILES string of the molecule is COC(=O)c1c(NC(=O)CSc2nnc(-c3ccc(Br)o3)n2C(C)C)sc(C)c1C. The van der Waals surface area contributed by atoms with Crippen LogP contribution in [-0.2, 0) is 9.53 Å². The number of thioether (sulfide) groups is 1. The molecule has 8 nitrogen and oxygen atoms in total. The molecule has 160 valence electrons. The largest absolute Gasteiger partial charge is 0.465 e. The van der Waals surface area contributed by atoms with E-state index in [-0.39, 0.29) is 17.7 Å². The third-order valence-corrected chi connectivity index (χ3v) is 6.83. The number of nitrogens with one attached hydrogen (secondary N) is 1. The van der Waals surface area contributed by atoms with Crippen molar-refractivity contribution in [2.45, 2.75) is 38.9 Å². The van der Waals surface area contributed by atoms with Crippen molar-refractivity contribution in [1.82, 2.24) is 14.8 Å². The van der Waals surface area contributed by atoms with Crippen LogP contribution >= 0.6 is 39.0 Å². The van der Waals surface area contributed by atoms with Gasteiger partial charge in [0, 0.05) is 10.9 Å². The van der Waals surface area contributed by atoms with Gasteiger partial charge < -0.3 is 14.5 Å². The molecule has 1 amide bonds. The number of thiophene rings is 1. The second-order valence-electron chi connectivity index (χ2n) is 6.69. The number of halogens is 1. The minimum Gasteiger partial charge on any atom is -0.465 e. The topological polar surface area (TPSA) is 99.2 Å². The lowest BCUT2D eigenvalue weighted by atomic mass is 10.1. The van der Waals surface area contributed by atoms with Gasteiger partial charge in [-0.25, -0.2) is 4.79 Å². The zero-order chi connectivity index (χ0) is 22.0.